The van der Waals surface area contributed by atoms with E-state index in [9.17, 15) is 0 Å². The van der Waals surface area contributed by atoms with E-state index >= 15 is 0 Å². The fourth-order valence-corrected chi connectivity index (χ4v) is 3.59. The average Bonchev–Trinajstić information content (AvgIpc) is 2.96. The van der Waals surface area contributed by atoms with E-state index in [2.05, 4.69) is 52.9 Å². The molecular weight excluding hydrogens is 312 g/mol. The summed E-state index contributed by atoms with van der Waals surface area (Å²) >= 11 is 3.63. The summed E-state index contributed by atoms with van der Waals surface area (Å²) in [5, 5.41) is 0. The Morgan fingerprint density at radius 2 is 2.00 bits per heavy atom. The summed E-state index contributed by atoms with van der Waals surface area (Å²) in [4.78, 5) is 2.59. The third-order valence-electron chi connectivity index (χ3n) is 4.47. The Hall–Kier alpha value is -0.540. The Labute approximate surface area is 131 Å². The number of nitrogens with zero attached hydrogens (tertiary/aromatic N) is 1. The number of halogens is 1. The molecule has 2 rings (SSSR count). The molecule has 1 fully saturated rings. The highest BCUT2D eigenvalue weighted by molar-refractivity contribution is 9.10. The number of hydrogen-bond acceptors (Lipinski definition) is 2. The largest absolute Gasteiger partial charge is 0.369 e. The molecule has 1 saturated carbocycles. The van der Waals surface area contributed by atoms with Crippen molar-refractivity contribution in [3.63, 3.8) is 0 Å². The van der Waals surface area contributed by atoms with Gasteiger partial charge in [0.15, 0.2) is 0 Å². The summed E-state index contributed by atoms with van der Waals surface area (Å²) in [6, 6.07) is 7.64. The van der Waals surface area contributed by atoms with Crippen molar-refractivity contribution in [3.8, 4) is 0 Å². The Morgan fingerprint density at radius 3 is 2.60 bits per heavy atom. The molecule has 2 N–H and O–H groups in total. The molecular formula is C17H27BrN2. The predicted octanol–water partition coefficient (Wildman–Crippen LogP) is 4.50. The Balaban J connectivity index is 2.28. The molecule has 20 heavy (non-hydrogen) atoms. The quantitative estimate of drug-likeness (QED) is 0.827. The van der Waals surface area contributed by atoms with E-state index in [1.807, 2.05) is 0 Å². The lowest BCUT2D eigenvalue weighted by Crippen LogP contribution is -2.34. The highest BCUT2D eigenvalue weighted by atomic mass is 79.9. The molecule has 1 atom stereocenters. The van der Waals surface area contributed by atoms with Crippen molar-refractivity contribution >= 4 is 21.6 Å². The lowest BCUT2D eigenvalue weighted by molar-refractivity contribution is 0.607. The highest BCUT2D eigenvalue weighted by Crippen LogP contribution is 2.32. The van der Waals surface area contributed by atoms with Crippen LogP contribution >= 0.6 is 15.9 Å². The maximum atomic E-state index is 6.18. The second kappa shape index (κ2) is 7.46. The van der Waals surface area contributed by atoms with Gasteiger partial charge in [0.2, 0.25) is 0 Å². The molecule has 1 aliphatic carbocycles. The SMILES string of the molecule is CCC(N)Cc1ccc(Br)cc1N(CC)C1CCCC1. The minimum Gasteiger partial charge on any atom is -0.369 e. The van der Waals surface area contributed by atoms with Crippen molar-refractivity contribution in [2.75, 3.05) is 11.4 Å². The van der Waals surface area contributed by atoms with Gasteiger partial charge in [0.25, 0.3) is 0 Å². The molecule has 1 aromatic carbocycles. The number of anilines is 1. The molecule has 2 nitrogen and oxygen atoms in total. The molecule has 0 aromatic heterocycles. The van der Waals surface area contributed by atoms with Crippen LogP contribution in [0.15, 0.2) is 22.7 Å². The van der Waals surface area contributed by atoms with Gasteiger partial charge in [0, 0.05) is 28.8 Å². The van der Waals surface area contributed by atoms with Crippen LogP contribution in [0.3, 0.4) is 0 Å². The van der Waals surface area contributed by atoms with Crippen molar-refractivity contribution in [1.82, 2.24) is 0 Å². The summed E-state index contributed by atoms with van der Waals surface area (Å²) in [5.74, 6) is 0. The molecule has 0 saturated heterocycles. The van der Waals surface area contributed by atoms with Gasteiger partial charge >= 0.3 is 0 Å². The van der Waals surface area contributed by atoms with E-state index in [1.54, 1.807) is 0 Å². The van der Waals surface area contributed by atoms with Crippen LogP contribution in [0.25, 0.3) is 0 Å². The van der Waals surface area contributed by atoms with Crippen LogP contribution in [0.2, 0.25) is 0 Å². The molecule has 1 aliphatic rings. The minimum atomic E-state index is 0.261. The van der Waals surface area contributed by atoms with E-state index in [1.165, 1.54) is 36.9 Å². The highest BCUT2D eigenvalue weighted by Gasteiger charge is 2.23. The lowest BCUT2D eigenvalue weighted by Gasteiger charge is -2.32. The molecule has 0 radical (unpaired) electrons. The summed E-state index contributed by atoms with van der Waals surface area (Å²) in [7, 11) is 0. The Kier molecular flexibility index (Phi) is 5.91. The summed E-state index contributed by atoms with van der Waals surface area (Å²) < 4.78 is 1.16. The molecule has 0 aliphatic heterocycles. The number of nitrogens with two attached hydrogens (primary N) is 1. The van der Waals surface area contributed by atoms with E-state index < -0.39 is 0 Å². The van der Waals surface area contributed by atoms with Crippen molar-refractivity contribution in [2.24, 2.45) is 5.73 Å². The first-order valence-electron chi connectivity index (χ1n) is 7.96. The molecule has 0 bridgehead atoms. The zero-order valence-corrected chi connectivity index (χ0v) is 14.3. The van der Waals surface area contributed by atoms with E-state index in [4.69, 9.17) is 5.73 Å². The number of benzene rings is 1. The average molecular weight is 339 g/mol. The lowest BCUT2D eigenvalue weighted by atomic mass is 10.0. The van der Waals surface area contributed by atoms with Gasteiger partial charge in [-0.05, 0) is 50.3 Å². The van der Waals surface area contributed by atoms with Gasteiger partial charge in [0.1, 0.15) is 0 Å². The first-order valence-corrected chi connectivity index (χ1v) is 8.75. The first kappa shape index (κ1) is 15.8. The van der Waals surface area contributed by atoms with Gasteiger partial charge in [-0.3, -0.25) is 0 Å². The third kappa shape index (κ3) is 3.76. The van der Waals surface area contributed by atoms with Gasteiger partial charge in [-0.2, -0.15) is 0 Å². The topological polar surface area (TPSA) is 29.3 Å². The van der Waals surface area contributed by atoms with Crippen molar-refractivity contribution in [1.29, 1.82) is 0 Å². The molecule has 0 heterocycles. The third-order valence-corrected chi connectivity index (χ3v) is 4.96. The van der Waals surface area contributed by atoms with Crippen molar-refractivity contribution in [2.45, 2.75) is 64.5 Å². The van der Waals surface area contributed by atoms with Crippen LogP contribution in [-0.2, 0) is 6.42 Å². The molecule has 112 valence electrons. The fraction of sp³-hybridized carbons (Fsp3) is 0.647. The molecule has 1 aromatic rings. The fourth-order valence-electron chi connectivity index (χ4n) is 3.24. The zero-order chi connectivity index (χ0) is 14.5. The summed E-state index contributed by atoms with van der Waals surface area (Å²) in [6.07, 6.45) is 7.42. The molecule has 3 heteroatoms. The van der Waals surface area contributed by atoms with Gasteiger partial charge in [-0.1, -0.05) is 41.8 Å². The van der Waals surface area contributed by atoms with Gasteiger partial charge in [-0.25, -0.2) is 0 Å². The van der Waals surface area contributed by atoms with Crippen LogP contribution in [-0.4, -0.2) is 18.6 Å². The smallest absolute Gasteiger partial charge is 0.0413 e. The molecule has 1 unspecified atom stereocenters. The Bertz CT molecular complexity index is 427. The zero-order valence-electron chi connectivity index (χ0n) is 12.7. The van der Waals surface area contributed by atoms with E-state index in [0.29, 0.717) is 6.04 Å². The summed E-state index contributed by atoms with van der Waals surface area (Å²) in [5.41, 5.74) is 8.96. The van der Waals surface area contributed by atoms with Crippen LogP contribution in [0.4, 0.5) is 5.69 Å². The van der Waals surface area contributed by atoms with Gasteiger partial charge in [-0.15, -0.1) is 0 Å². The maximum Gasteiger partial charge on any atom is 0.0413 e. The van der Waals surface area contributed by atoms with Gasteiger partial charge in [0.05, 0.1) is 0 Å². The van der Waals surface area contributed by atoms with Crippen molar-refractivity contribution in [3.05, 3.63) is 28.2 Å². The number of hydrogen-bond donors (Lipinski definition) is 1. The van der Waals surface area contributed by atoms with Crippen molar-refractivity contribution < 1.29 is 0 Å². The van der Waals surface area contributed by atoms with Gasteiger partial charge < -0.3 is 10.6 Å². The molecule has 0 spiro atoms. The normalized spacial score (nSPS) is 17.4. The first-order chi connectivity index (χ1) is 9.65. The van der Waals surface area contributed by atoms with Crippen LogP contribution in [0.5, 0.6) is 0 Å². The van der Waals surface area contributed by atoms with E-state index in [0.717, 1.165) is 23.9 Å². The van der Waals surface area contributed by atoms with Crippen LogP contribution in [0.1, 0.15) is 51.5 Å². The predicted molar refractivity (Wildman–Crippen MR) is 91.4 cm³/mol. The second-order valence-corrected chi connectivity index (χ2v) is 6.79. The maximum absolute atomic E-state index is 6.18. The van der Waals surface area contributed by atoms with E-state index in [-0.39, 0.29) is 6.04 Å². The minimum absolute atomic E-state index is 0.261. The van der Waals surface area contributed by atoms with Crippen LogP contribution in [0, 0.1) is 0 Å². The van der Waals surface area contributed by atoms with Crippen LogP contribution < -0.4 is 10.6 Å². The Morgan fingerprint density at radius 1 is 1.30 bits per heavy atom. The molecule has 0 amide bonds. The summed E-state index contributed by atoms with van der Waals surface area (Å²) in [6.45, 7) is 5.51. The second-order valence-electron chi connectivity index (χ2n) is 5.87. The standard InChI is InChI=1S/C17H27BrN2/c1-3-15(19)11-13-9-10-14(18)12-17(13)20(4-2)16-7-5-6-8-16/h9-10,12,15-16H,3-8,11,19H2,1-2H3. The monoisotopic (exact) mass is 338 g/mol. The number of rotatable bonds is 6.